The summed E-state index contributed by atoms with van der Waals surface area (Å²) in [6.45, 7) is 7.47. The number of hydrogen-bond donors (Lipinski definition) is 2. The highest BCUT2D eigenvalue weighted by Gasteiger charge is 2.30. The van der Waals surface area contributed by atoms with Gasteiger partial charge in [0.2, 0.25) is 5.91 Å². The second kappa shape index (κ2) is 9.88. The maximum Gasteiger partial charge on any atom is 0.416 e. The van der Waals surface area contributed by atoms with Gasteiger partial charge in [0, 0.05) is 39.3 Å². The molecule has 1 heterocycles. The number of benzene rings is 1. The Bertz CT molecular complexity index is 671. The molecule has 1 aromatic carbocycles. The largest absolute Gasteiger partial charge is 0.416 e. The number of hydrogen-bond acceptors (Lipinski definition) is 4. The molecule has 6 nitrogen and oxygen atoms in total. The number of urea groups is 1. The standard InChI is InChI=1S/C19H27F3N4O2/c1-14(2)11-23-18(28)24-17(27)13-26-8-6-25(7-9-26)12-15-4-3-5-16(10-15)19(20,21)22/h3-5,10,14H,6-9,11-13H2,1-2H3,(H2,23,24,27,28). The van der Waals surface area contributed by atoms with E-state index in [0.717, 1.165) is 6.07 Å². The lowest BCUT2D eigenvalue weighted by Gasteiger charge is -2.34. The molecule has 0 saturated carbocycles. The molecule has 1 aromatic rings. The van der Waals surface area contributed by atoms with Crippen LogP contribution in [0.5, 0.6) is 0 Å². The molecule has 0 unspecified atom stereocenters. The smallest absolute Gasteiger partial charge is 0.338 e. The van der Waals surface area contributed by atoms with Crippen molar-refractivity contribution in [3.8, 4) is 0 Å². The van der Waals surface area contributed by atoms with Crippen LogP contribution < -0.4 is 10.6 Å². The molecule has 0 bridgehead atoms. The van der Waals surface area contributed by atoms with Gasteiger partial charge >= 0.3 is 12.2 Å². The van der Waals surface area contributed by atoms with Crippen LogP contribution in [0.3, 0.4) is 0 Å². The quantitative estimate of drug-likeness (QED) is 0.769. The number of nitrogens with zero attached hydrogens (tertiary/aromatic N) is 2. The third kappa shape index (κ3) is 7.47. The van der Waals surface area contributed by atoms with E-state index in [0.29, 0.717) is 50.7 Å². The fraction of sp³-hybridized carbons (Fsp3) is 0.579. The molecule has 0 atom stereocenters. The average Bonchev–Trinajstić information content (AvgIpc) is 2.61. The summed E-state index contributed by atoms with van der Waals surface area (Å²) in [5.41, 5.74) is -0.0288. The minimum atomic E-state index is -4.34. The van der Waals surface area contributed by atoms with Crippen LogP contribution in [0.2, 0.25) is 0 Å². The summed E-state index contributed by atoms with van der Waals surface area (Å²) < 4.78 is 38.4. The van der Waals surface area contributed by atoms with Crippen molar-refractivity contribution >= 4 is 11.9 Å². The number of carbonyl (C=O) groups is 2. The van der Waals surface area contributed by atoms with Crippen LogP contribution in [-0.2, 0) is 17.5 Å². The Morgan fingerprint density at radius 3 is 2.36 bits per heavy atom. The van der Waals surface area contributed by atoms with Gasteiger partial charge in [-0.25, -0.2) is 4.79 Å². The predicted octanol–water partition coefficient (Wildman–Crippen LogP) is 2.30. The van der Waals surface area contributed by atoms with E-state index in [-0.39, 0.29) is 12.5 Å². The Morgan fingerprint density at radius 1 is 1.11 bits per heavy atom. The van der Waals surface area contributed by atoms with E-state index in [4.69, 9.17) is 0 Å². The first-order valence-electron chi connectivity index (χ1n) is 9.32. The summed E-state index contributed by atoms with van der Waals surface area (Å²) in [7, 11) is 0. The Labute approximate surface area is 163 Å². The van der Waals surface area contributed by atoms with E-state index in [1.165, 1.54) is 12.1 Å². The molecule has 156 valence electrons. The Hall–Kier alpha value is -2.13. The zero-order chi connectivity index (χ0) is 20.7. The van der Waals surface area contributed by atoms with Gasteiger partial charge in [0.25, 0.3) is 0 Å². The van der Waals surface area contributed by atoms with Gasteiger partial charge in [-0.1, -0.05) is 32.0 Å². The van der Waals surface area contributed by atoms with E-state index in [9.17, 15) is 22.8 Å². The van der Waals surface area contributed by atoms with Crippen molar-refractivity contribution in [1.82, 2.24) is 20.4 Å². The minimum Gasteiger partial charge on any atom is -0.338 e. The van der Waals surface area contributed by atoms with Gasteiger partial charge in [0.1, 0.15) is 0 Å². The van der Waals surface area contributed by atoms with Gasteiger partial charge in [0.15, 0.2) is 0 Å². The van der Waals surface area contributed by atoms with Crippen LogP contribution in [0.4, 0.5) is 18.0 Å². The second-order valence-corrected chi connectivity index (χ2v) is 7.40. The first kappa shape index (κ1) is 22.2. The molecule has 3 amide bonds. The lowest BCUT2D eigenvalue weighted by molar-refractivity contribution is -0.137. The van der Waals surface area contributed by atoms with E-state index >= 15 is 0 Å². The van der Waals surface area contributed by atoms with Crippen molar-refractivity contribution in [2.45, 2.75) is 26.6 Å². The van der Waals surface area contributed by atoms with Crippen molar-refractivity contribution in [1.29, 1.82) is 0 Å². The van der Waals surface area contributed by atoms with Gasteiger partial charge in [-0.15, -0.1) is 0 Å². The maximum atomic E-state index is 12.8. The van der Waals surface area contributed by atoms with Crippen molar-refractivity contribution in [2.75, 3.05) is 39.3 Å². The van der Waals surface area contributed by atoms with E-state index in [1.807, 2.05) is 18.7 Å². The lowest BCUT2D eigenvalue weighted by Crippen LogP contribution is -2.51. The van der Waals surface area contributed by atoms with E-state index < -0.39 is 17.8 Å². The van der Waals surface area contributed by atoms with Crippen LogP contribution in [0, 0.1) is 5.92 Å². The van der Waals surface area contributed by atoms with Crippen LogP contribution in [0.1, 0.15) is 25.0 Å². The fourth-order valence-electron chi connectivity index (χ4n) is 2.92. The number of amides is 3. The zero-order valence-corrected chi connectivity index (χ0v) is 16.2. The molecule has 2 N–H and O–H groups in total. The number of alkyl halides is 3. The Balaban J connectivity index is 1.74. The Morgan fingerprint density at radius 2 is 1.75 bits per heavy atom. The van der Waals surface area contributed by atoms with Gasteiger partial charge in [-0.3, -0.25) is 19.9 Å². The molecular formula is C19H27F3N4O2. The number of nitrogens with one attached hydrogen (secondary N) is 2. The number of imide groups is 1. The van der Waals surface area contributed by atoms with Gasteiger partial charge in [0.05, 0.1) is 12.1 Å². The monoisotopic (exact) mass is 400 g/mol. The molecule has 2 rings (SSSR count). The highest BCUT2D eigenvalue weighted by Crippen LogP contribution is 2.29. The SMILES string of the molecule is CC(C)CNC(=O)NC(=O)CN1CCN(Cc2cccc(C(F)(F)F)c2)CC1. The lowest BCUT2D eigenvalue weighted by atomic mass is 10.1. The average molecular weight is 400 g/mol. The summed E-state index contributed by atoms with van der Waals surface area (Å²) in [5, 5.41) is 4.93. The molecule has 1 fully saturated rings. The van der Waals surface area contributed by atoms with Gasteiger partial charge < -0.3 is 5.32 Å². The van der Waals surface area contributed by atoms with Crippen molar-refractivity contribution in [2.24, 2.45) is 5.92 Å². The summed E-state index contributed by atoms with van der Waals surface area (Å²) >= 11 is 0. The molecule has 0 spiro atoms. The molecule has 1 aliphatic heterocycles. The number of piperazine rings is 1. The van der Waals surface area contributed by atoms with E-state index in [1.54, 1.807) is 6.07 Å². The topological polar surface area (TPSA) is 64.7 Å². The highest BCUT2D eigenvalue weighted by atomic mass is 19.4. The van der Waals surface area contributed by atoms with Gasteiger partial charge in [-0.2, -0.15) is 13.2 Å². The minimum absolute atomic E-state index is 0.118. The molecule has 0 radical (unpaired) electrons. The molecule has 28 heavy (non-hydrogen) atoms. The molecule has 0 aromatic heterocycles. The first-order chi connectivity index (χ1) is 13.1. The fourth-order valence-corrected chi connectivity index (χ4v) is 2.92. The Kier molecular flexibility index (Phi) is 7.82. The summed E-state index contributed by atoms with van der Waals surface area (Å²) in [6, 6.07) is 4.85. The molecule has 9 heteroatoms. The third-order valence-corrected chi connectivity index (χ3v) is 4.42. The van der Waals surface area contributed by atoms with Crippen LogP contribution in [-0.4, -0.2) is 61.0 Å². The van der Waals surface area contributed by atoms with Crippen molar-refractivity contribution in [3.05, 3.63) is 35.4 Å². The number of carbonyl (C=O) groups excluding carboxylic acids is 2. The van der Waals surface area contributed by atoms with Crippen molar-refractivity contribution < 1.29 is 22.8 Å². The maximum absolute atomic E-state index is 12.8. The van der Waals surface area contributed by atoms with Gasteiger partial charge in [-0.05, 0) is 17.5 Å². The molecular weight excluding hydrogens is 373 g/mol. The number of halogens is 3. The zero-order valence-electron chi connectivity index (χ0n) is 16.2. The van der Waals surface area contributed by atoms with Crippen LogP contribution in [0.15, 0.2) is 24.3 Å². The molecule has 1 aliphatic rings. The molecule has 1 saturated heterocycles. The number of rotatable bonds is 6. The summed E-state index contributed by atoms with van der Waals surface area (Å²) in [4.78, 5) is 27.5. The third-order valence-electron chi connectivity index (χ3n) is 4.42. The van der Waals surface area contributed by atoms with Crippen LogP contribution >= 0.6 is 0 Å². The van der Waals surface area contributed by atoms with Crippen molar-refractivity contribution in [3.63, 3.8) is 0 Å². The van der Waals surface area contributed by atoms with E-state index in [2.05, 4.69) is 15.5 Å². The summed E-state index contributed by atoms with van der Waals surface area (Å²) in [6.07, 6.45) is -4.34. The second-order valence-electron chi connectivity index (χ2n) is 7.40. The first-order valence-corrected chi connectivity index (χ1v) is 9.32. The summed E-state index contributed by atoms with van der Waals surface area (Å²) in [5.74, 6) is -0.0710. The predicted molar refractivity (Wildman–Crippen MR) is 99.5 cm³/mol. The highest BCUT2D eigenvalue weighted by molar-refractivity contribution is 5.95. The van der Waals surface area contributed by atoms with Crippen LogP contribution in [0.25, 0.3) is 0 Å². The normalized spacial score (nSPS) is 16.2. The molecule has 0 aliphatic carbocycles.